The lowest BCUT2D eigenvalue weighted by Gasteiger charge is -2.47. The van der Waals surface area contributed by atoms with Crippen molar-refractivity contribution in [3.8, 4) is 0 Å². The Hall–Kier alpha value is -0.330. The molecule has 0 aromatic heterocycles. The third-order valence-electron chi connectivity index (χ3n) is 5.14. The van der Waals surface area contributed by atoms with Gasteiger partial charge in [0.05, 0.1) is 0 Å². The molecule has 1 heteroatoms. The summed E-state index contributed by atoms with van der Waals surface area (Å²) in [6, 6.07) is 0. The van der Waals surface area contributed by atoms with Crippen LogP contribution in [0.2, 0.25) is 0 Å². The molecule has 2 fully saturated rings. The second-order valence-corrected chi connectivity index (χ2v) is 6.72. The summed E-state index contributed by atoms with van der Waals surface area (Å²) in [5.74, 6) is 1.44. The van der Waals surface area contributed by atoms with Gasteiger partial charge in [-0.2, -0.15) is 0 Å². The number of carbonyl (C=O) groups is 1. The van der Waals surface area contributed by atoms with Crippen molar-refractivity contribution >= 4 is 5.78 Å². The summed E-state index contributed by atoms with van der Waals surface area (Å²) >= 11 is 0. The minimum atomic E-state index is 0.312. The van der Waals surface area contributed by atoms with Crippen molar-refractivity contribution in [1.82, 2.24) is 0 Å². The zero-order valence-electron chi connectivity index (χ0n) is 10.6. The number of Topliss-reactive ketones (excluding diaryl/α,β-unsaturated/α-hetero) is 1. The smallest absolute Gasteiger partial charge is 0.136 e. The Morgan fingerprint density at radius 3 is 2.33 bits per heavy atom. The molecule has 0 aromatic carbocycles. The number of ketones is 1. The van der Waals surface area contributed by atoms with Gasteiger partial charge in [-0.25, -0.2) is 0 Å². The van der Waals surface area contributed by atoms with Crippen molar-refractivity contribution in [3.63, 3.8) is 0 Å². The van der Waals surface area contributed by atoms with Crippen LogP contribution in [0.1, 0.15) is 59.8 Å². The molecule has 0 aromatic rings. The Morgan fingerprint density at radius 2 is 1.87 bits per heavy atom. The van der Waals surface area contributed by atoms with Crippen molar-refractivity contribution in [1.29, 1.82) is 0 Å². The van der Waals surface area contributed by atoms with Gasteiger partial charge in [0.15, 0.2) is 0 Å². The molecular formula is C14H24O. The van der Waals surface area contributed by atoms with Gasteiger partial charge >= 0.3 is 0 Å². The standard InChI is InChI=1S/C14H24O/c1-10-8-12(15)11(2)14(10)7-5-6-13(3,4)9-14/h10-11H,5-9H2,1-4H3/t10-,11-,14-/m1/s1. The molecular weight excluding hydrogens is 184 g/mol. The molecule has 86 valence electrons. The average molecular weight is 208 g/mol. The number of carbonyl (C=O) groups excluding carboxylic acids is 1. The van der Waals surface area contributed by atoms with E-state index in [0.717, 1.165) is 6.42 Å². The molecule has 0 bridgehead atoms. The van der Waals surface area contributed by atoms with E-state index < -0.39 is 0 Å². The number of hydrogen-bond donors (Lipinski definition) is 0. The second-order valence-electron chi connectivity index (χ2n) is 6.72. The van der Waals surface area contributed by atoms with Crippen molar-refractivity contribution in [2.24, 2.45) is 22.7 Å². The van der Waals surface area contributed by atoms with Crippen LogP contribution in [0.5, 0.6) is 0 Å². The molecule has 1 spiro atoms. The fourth-order valence-corrected chi connectivity index (χ4v) is 4.18. The molecule has 1 nitrogen and oxygen atoms in total. The first-order valence-electron chi connectivity index (χ1n) is 6.40. The summed E-state index contributed by atoms with van der Waals surface area (Å²) in [6.07, 6.45) is 6.02. The van der Waals surface area contributed by atoms with E-state index in [-0.39, 0.29) is 0 Å². The van der Waals surface area contributed by atoms with Crippen LogP contribution in [-0.4, -0.2) is 5.78 Å². The van der Waals surface area contributed by atoms with Crippen LogP contribution >= 0.6 is 0 Å². The quantitative estimate of drug-likeness (QED) is 0.591. The maximum atomic E-state index is 11.9. The summed E-state index contributed by atoms with van der Waals surface area (Å²) in [4.78, 5) is 11.9. The lowest BCUT2D eigenvalue weighted by Crippen LogP contribution is -2.39. The topological polar surface area (TPSA) is 17.1 Å². The van der Waals surface area contributed by atoms with Gasteiger partial charge in [0, 0.05) is 12.3 Å². The van der Waals surface area contributed by atoms with E-state index in [2.05, 4.69) is 27.7 Å². The molecule has 2 aliphatic rings. The Morgan fingerprint density at radius 1 is 1.20 bits per heavy atom. The van der Waals surface area contributed by atoms with Gasteiger partial charge in [-0.1, -0.05) is 34.1 Å². The van der Waals surface area contributed by atoms with Crippen LogP contribution < -0.4 is 0 Å². The van der Waals surface area contributed by atoms with Gasteiger partial charge in [-0.15, -0.1) is 0 Å². The maximum absolute atomic E-state index is 11.9. The Labute approximate surface area is 93.6 Å². The Balaban J connectivity index is 2.28. The molecule has 0 aliphatic heterocycles. The molecule has 0 unspecified atom stereocenters. The number of rotatable bonds is 0. The molecule has 0 heterocycles. The molecule has 0 amide bonds. The van der Waals surface area contributed by atoms with E-state index in [0.29, 0.717) is 28.4 Å². The molecule has 2 saturated carbocycles. The third kappa shape index (κ3) is 1.64. The van der Waals surface area contributed by atoms with Crippen molar-refractivity contribution < 1.29 is 4.79 Å². The predicted molar refractivity (Wildman–Crippen MR) is 62.6 cm³/mol. The lowest BCUT2D eigenvalue weighted by atomic mass is 9.57. The fraction of sp³-hybridized carbons (Fsp3) is 0.929. The SMILES string of the molecule is C[C@@H]1CC(=O)[C@@H](C)[C@@]12CCCC(C)(C)C2. The second kappa shape index (κ2) is 3.33. The highest BCUT2D eigenvalue weighted by Gasteiger charge is 2.53. The highest BCUT2D eigenvalue weighted by Crippen LogP contribution is 2.58. The monoisotopic (exact) mass is 208 g/mol. The van der Waals surface area contributed by atoms with Crippen molar-refractivity contribution in [2.45, 2.75) is 59.8 Å². The van der Waals surface area contributed by atoms with Gasteiger partial charge in [0.1, 0.15) is 5.78 Å². The molecule has 0 radical (unpaired) electrons. The van der Waals surface area contributed by atoms with Gasteiger partial charge in [0.2, 0.25) is 0 Å². The normalized spacial score (nSPS) is 44.9. The lowest BCUT2D eigenvalue weighted by molar-refractivity contribution is -0.122. The summed E-state index contributed by atoms with van der Waals surface area (Å²) in [7, 11) is 0. The first-order chi connectivity index (χ1) is 6.87. The van der Waals surface area contributed by atoms with Crippen LogP contribution in [0, 0.1) is 22.7 Å². The average Bonchev–Trinajstić information content (AvgIpc) is 2.30. The first-order valence-corrected chi connectivity index (χ1v) is 6.40. The summed E-state index contributed by atoms with van der Waals surface area (Å²) in [6.45, 7) is 9.21. The van der Waals surface area contributed by atoms with Crippen molar-refractivity contribution in [2.75, 3.05) is 0 Å². The zero-order valence-corrected chi connectivity index (χ0v) is 10.6. The minimum Gasteiger partial charge on any atom is -0.299 e. The van der Waals surface area contributed by atoms with Crippen molar-refractivity contribution in [3.05, 3.63) is 0 Å². The molecule has 2 rings (SSSR count). The zero-order chi connectivity index (χ0) is 11.3. The highest BCUT2D eigenvalue weighted by atomic mass is 16.1. The molecule has 0 saturated heterocycles. The van der Waals surface area contributed by atoms with E-state index in [1.165, 1.54) is 25.7 Å². The van der Waals surface area contributed by atoms with Gasteiger partial charge in [0.25, 0.3) is 0 Å². The fourth-order valence-electron chi connectivity index (χ4n) is 4.18. The Kier molecular flexibility index (Phi) is 2.48. The van der Waals surface area contributed by atoms with Crippen LogP contribution in [-0.2, 0) is 4.79 Å². The van der Waals surface area contributed by atoms with E-state index in [1.807, 2.05) is 0 Å². The number of hydrogen-bond acceptors (Lipinski definition) is 1. The van der Waals surface area contributed by atoms with E-state index in [1.54, 1.807) is 0 Å². The minimum absolute atomic E-state index is 0.312. The summed E-state index contributed by atoms with van der Waals surface area (Å²) in [5.41, 5.74) is 0.796. The first kappa shape index (κ1) is 11.2. The molecule has 0 N–H and O–H groups in total. The maximum Gasteiger partial charge on any atom is 0.136 e. The van der Waals surface area contributed by atoms with Crippen LogP contribution in [0.4, 0.5) is 0 Å². The molecule has 15 heavy (non-hydrogen) atoms. The van der Waals surface area contributed by atoms with Gasteiger partial charge in [-0.05, 0) is 36.0 Å². The van der Waals surface area contributed by atoms with Crippen LogP contribution in [0.25, 0.3) is 0 Å². The largest absolute Gasteiger partial charge is 0.299 e. The van der Waals surface area contributed by atoms with Gasteiger partial charge < -0.3 is 0 Å². The highest BCUT2D eigenvalue weighted by molar-refractivity contribution is 5.84. The van der Waals surface area contributed by atoms with Crippen LogP contribution in [0.15, 0.2) is 0 Å². The molecule has 2 aliphatic carbocycles. The van der Waals surface area contributed by atoms with E-state index in [4.69, 9.17) is 0 Å². The van der Waals surface area contributed by atoms with Gasteiger partial charge in [-0.3, -0.25) is 4.79 Å². The predicted octanol–water partition coefficient (Wildman–Crippen LogP) is 3.82. The summed E-state index contributed by atoms with van der Waals surface area (Å²) < 4.78 is 0. The van der Waals surface area contributed by atoms with E-state index >= 15 is 0 Å². The Bertz CT molecular complexity index is 279. The summed E-state index contributed by atoms with van der Waals surface area (Å²) in [5, 5.41) is 0. The molecule has 3 atom stereocenters. The third-order valence-corrected chi connectivity index (χ3v) is 5.14. The van der Waals surface area contributed by atoms with Crippen LogP contribution in [0.3, 0.4) is 0 Å². The van der Waals surface area contributed by atoms with E-state index in [9.17, 15) is 4.79 Å².